The summed E-state index contributed by atoms with van der Waals surface area (Å²) in [5.74, 6) is -1.44. The number of fused-ring (bicyclic) bond motifs is 1. The Morgan fingerprint density at radius 1 is 1.24 bits per heavy atom. The van der Waals surface area contributed by atoms with E-state index in [1.807, 2.05) is 0 Å². The Morgan fingerprint density at radius 3 is 2.59 bits per heavy atom. The summed E-state index contributed by atoms with van der Waals surface area (Å²) in [5, 5.41) is 30.2. The van der Waals surface area contributed by atoms with Gasteiger partial charge in [0.05, 0.1) is 17.9 Å². The number of carbonyl (C=O) groups is 2. The summed E-state index contributed by atoms with van der Waals surface area (Å²) in [4.78, 5) is 22.6. The molecule has 0 aromatic heterocycles. The van der Waals surface area contributed by atoms with E-state index in [1.54, 1.807) is 0 Å². The number of ketones is 1. The Balaban J connectivity index is 2.45. The Hall–Kier alpha value is -1.76. The molecule has 17 heavy (non-hydrogen) atoms. The lowest BCUT2D eigenvalue weighted by Gasteiger charge is -2.18. The van der Waals surface area contributed by atoms with Gasteiger partial charge in [0, 0.05) is 5.56 Å². The van der Waals surface area contributed by atoms with Crippen molar-refractivity contribution in [3.63, 3.8) is 0 Å². The van der Waals surface area contributed by atoms with Gasteiger partial charge in [-0.2, -0.15) is 0 Å². The van der Waals surface area contributed by atoms with Crippen molar-refractivity contribution >= 4 is 17.4 Å². The van der Waals surface area contributed by atoms with Gasteiger partial charge in [0.15, 0.2) is 0 Å². The number of hydrogen-bond donors (Lipinski definition) is 4. The van der Waals surface area contributed by atoms with E-state index in [4.69, 9.17) is 5.11 Å². The number of hydrogen-bond acceptors (Lipinski definition) is 5. The van der Waals surface area contributed by atoms with Crippen LogP contribution in [0.25, 0.3) is 0 Å². The second-order valence-electron chi connectivity index (χ2n) is 3.75. The molecular weight excluding hydrogens is 226 g/mol. The van der Waals surface area contributed by atoms with E-state index in [1.165, 1.54) is 18.2 Å². The molecule has 1 heterocycles. The first-order chi connectivity index (χ1) is 8.06. The zero-order valence-electron chi connectivity index (χ0n) is 8.75. The SMILES string of the molecule is O=C1Nc2c(cccc2C(O)C(O)CO)C1=O. The lowest BCUT2D eigenvalue weighted by atomic mass is 9.99. The Morgan fingerprint density at radius 2 is 1.94 bits per heavy atom. The largest absolute Gasteiger partial charge is 0.394 e. The van der Waals surface area contributed by atoms with E-state index in [2.05, 4.69) is 5.32 Å². The molecule has 6 nitrogen and oxygen atoms in total. The van der Waals surface area contributed by atoms with Crippen LogP contribution in [0.4, 0.5) is 5.69 Å². The highest BCUT2D eigenvalue weighted by atomic mass is 16.4. The number of para-hydroxylation sites is 1. The monoisotopic (exact) mass is 237 g/mol. The van der Waals surface area contributed by atoms with Gasteiger partial charge in [-0.15, -0.1) is 0 Å². The van der Waals surface area contributed by atoms with Gasteiger partial charge >= 0.3 is 0 Å². The van der Waals surface area contributed by atoms with E-state index in [0.717, 1.165) is 0 Å². The third kappa shape index (κ3) is 1.82. The van der Waals surface area contributed by atoms with Crippen LogP contribution in [-0.4, -0.2) is 39.7 Å². The second kappa shape index (κ2) is 4.25. The molecule has 1 amide bonds. The van der Waals surface area contributed by atoms with Crippen LogP contribution in [-0.2, 0) is 4.79 Å². The molecule has 1 aromatic carbocycles. The summed E-state index contributed by atoms with van der Waals surface area (Å²) in [7, 11) is 0. The van der Waals surface area contributed by atoms with E-state index in [0.29, 0.717) is 0 Å². The van der Waals surface area contributed by atoms with Gasteiger partial charge in [0.25, 0.3) is 11.7 Å². The molecule has 0 saturated carbocycles. The molecule has 0 saturated heterocycles. The van der Waals surface area contributed by atoms with Crippen LogP contribution in [0.2, 0.25) is 0 Å². The number of nitrogens with one attached hydrogen (secondary N) is 1. The molecule has 90 valence electrons. The van der Waals surface area contributed by atoms with Crippen molar-refractivity contribution in [2.75, 3.05) is 11.9 Å². The van der Waals surface area contributed by atoms with Crippen molar-refractivity contribution in [3.8, 4) is 0 Å². The first kappa shape index (κ1) is 11.7. The van der Waals surface area contributed by atoms with Crippen LogP contribution < -0.4 is 5.32 Å². The summed E-state index contributed by atoms with van der Waals surface area (Å²) >= 11 is 0. The van der Waals surface area contributed by atoms with Crippen LogP contribution in [0.5, 0.6) is 0 Å². The van der Waals surface area contributed by atoms with Gasteiger partial charge < -0.3 is 20.6 Å². The van der Waals surface area contributed by atoms with Crippen LogP contribution in [0, 0.1) is 0 Å². The summed E-state index contributed by atoms with van der Waals surface area (Å²) < 4.78 is 0. The van der Waals surface area contributed by atoms with Gasteiger partial charge in [-0.25, -0.2) is 0 Å². The van der Waals surface area contributed by atoms with Crippen molar-refractivity contribution in [1.82, 2.24) is 0 Å². The molecule has 1 aromatic rings. The number of aliphatic hydroxyl groups excluding tert-OH is 3. The third-order valence-corrected chi connectivity index (χ3v) is 2.66. The molecule has 2 unspecified atom stereocenters. The maximum Gasteiger partial charge on any atom is 0.296 e. The smallest absolute Gasteiger partial charge is 0.296 e. The fourth-order valence-corrected chi connectivity index (χ4v) is 1.75. The highest BCUT2D eigenvalue weighted by molar-refractivity contribution is 6.51. The molecule has 2 rings (SSSR count). The third-order valence-electron chi connectivity index (χ3n) is 2.66. The number of rotatable bonds is 3. The molecule has 0 aliphatic carbocycles. The molecule has 0 radical (unpaired) electrons. The molecule has 4 N–H and O–H groups in total. The van der Waals surface area contributed by atoms with Crippen molar-refractivity contribution in [2.45, 2.75) is 12.2 Å². The average Bonchev–Trinajstić information content (AvgIpc) is 2.63. The molecular formula is C11H11NO5. The highest BCUT2D eigenvalue weighted by Gasteiger charge is 2.32. The predicted octanol–water partition coefficient (Wildman–Crippen LogP) is -0.792. The van der Waals surface area contributed by atoms with Crippen LogP contribution in [0.1, 0.15) is 22.0 Å². The average molecular weight is 237 g/mol. The van der Waals surface area contributed by atoms with Crippen LogP contribution in [0.3, 0.4) is 0 Å². The molecule has 1 aliphatic rings. The van der Waals surface area contributed by atoms with E-state index >= 15 is 0 Å². The molecule has 0 fully saturated rings. The number of amides is 1. The lowest BCUT2D eigenvalue weighted by molar-refractivity contribution is -0.112. The fourth-order valence-electron chi connectivity index (χ4n) is 1.75. The highest BCUT2D eigenvalue weighted by Crippen LogP contribution is 2.32. The van der Waals surface area contributed by atoms with Crippen LogP contribution >= 0.6 is 0 Å². The maximum atomic E-state index is 11.4. The first-order valence-electron chi connectivity index (χ1n) is 5.02. The van der Waals surface area contributed by atoms with Gasteiger partial charge in [0.1, 0.15) is 12.2 Å². The summed E-state index contributed by atoms with van der Waals surface area (Å²) in [5.41, 5.74) is 0.572. The summed E-state index contributed by atoms with van der Waals surface area (Å²) in [6, 6.07) is 4.43. The Kier molecular flexibility index (Phi) is 2.93. The van der Waals surface area contributed by atoms with Gasteiger partial charge in [-0.05, 0) is 6.07 Å². The normalized spacial score (nSPS) is 17.6. The van der Waals surface area contributed by atoms with E-state index < -0.39 is 30.5 Å². The van der Waals surface area contributed by atoms with E-state index in [9.17, 15) is 19.8 Å². The van der Waals surface area contributed by atoms with Gasteiger partial charge in [0.2, 0.25) is 0 Å². The molecule has 2 atom stereocenters. The number of anilines is 1. The number of carbonyl (C=O) groups excluding carboxylic acids is 2. The standard InChI is InChI=1S/C11H11NO5/c13-4-7(14)9(15)5-2-1-3-6-8(5)12-11(17)10(6)16/h1-3,7,9,13-15H,4H2,(H,12,16,17). The van der Waals surface area contributed by atoms with Crippen molar-refractivity contribution in [3.05, 3.63) is 29.3 Å². The van der Waals surface area contributed by atoms with Crippen LogP contribution in [0.15, 0.2) is 18.2 Å². The van der Waals surface area contributed by atoms with Crippen molar-refractivity contribution < 1.29 is 24.9 Å². The number of benzene rings is 1. The quantitative estimate of drug-likeness (QED) is 0.515. The van der Waals surface area contributed by atoms with Gasteiger partial charge in [-0.1, -0.05) is 12.1 Å². The maximum absolute atomic E-state index is 11.4. The number of Topliss-reactive ketones (excluding diaryl/α,β-unsaturated/α-hetero) is 1. The fraction of sp³-hybridized carbons (Fsp3) is 0.273. The zero-order chi connectivity index (χ0) is 12.6. The summed E-state index contributed by atoms with van der Waals surface area (Å²) in [6.45, 7) is -0.618. The van der Waals surface area contributed by atoms with Gasteiger partial charge in [-0.3, -0.25) is 9.59 Å². The van der Waals surface area contributed by atoms with E-state index in [-0.39, 0.29) is 16.8 Å². The van der Waals surface area contributed by atoms with Crippen molar-refractivity contribution in [2.24, 2.45) is 0 Å². The Labute approximate surface area is 96.5 Å². The minimum atomic E-state index is -1.37. The molecule has 1 aliphatic heterocycles. The zero-order valence-corrected chi connectivity index (χ0v) is 8.75. The Bertz CT molecular complexity index is 485. The molecule has 0 bridgehead atoms. The molecule has 0 spiro atoms. The minimum Gasteiger partial charge on any atom is -0.394 e. The predicted molar refractivity (Wildman–Crippen MR) is 57.5 cm³/mol. The minimum absolute atomic E-state index is 0.164. The number of aliphatic hydroxyl groups is 3. The molecule has 6 heteroatoms. The lowest BCUT2D eigenvalue weighted by Crippen LogP contribution is -2.23. The topological polar surface area (TPSA) is 107 Å². The van der Waals surface area contributed by atoms with Crippen molar-refractivity contribution in [1.29, 1.82) is 0 Å². The first-order valence-corrected chi connectivity index (χ1v) is 5.02. The summed E-state index contributed by atoms with van der Waals surface area (Å²) in [6.07, 6.45) is -2.73. The second-order valence-corrected chi connectivity index (χ2v) is 3.75.